The molecule has 0 aliphatic carbocycles. The zero-order chi connectivity index (χ0) is 43.2. The van der Waals surface area contributed by atoms with Crippen LogP contribution in [0.4, 0.5) is 0 Å². The first-order valence-corrected chi connectivity index (χ1v) is 23.9. The van der Waals surface area contributed by atoms with Crippen molar-refractivity contribution in [2.45, 2.75) is 161 Å². The molecule has 334 valence electrons. The Morgan fingerprint density at radius 3 is 1.34 bits per heavy atom. The van der Waals surface area contributed by atoms with E-state index in [1.54, 1.807) is 0 Å². The van der Waals surface area contributed by atoms with E-state index in [0.29, 0.717) is 12.8 Å². The highest BCUT2D eigenvalue weighted by molar-refractivity contribution is 7.47. The van der Waals surface area contributed by atoms with Crippen LogP contribution in [0.1, 0.15) is 155 Å². The minimum Gasteiger partial charge on any atom is -0.462 e. The lowest BCUT2D eigenvalue weighted by molar-refractivity contribution is -0.161. The first-order chi connectivity index (χ1) is 28.8. The fourth-order valence-corrected chi connectivity index (χ4v) is 6.18. The maximum Gasteiger partial charge on any atom is 0.472 e. The van der Waals surface area contributed by atoms with Crippen LogP contribution in [0.25, 0.3) is 0 Å². The van der Waals surface area contributed by atoms with Gasteiger partial charge in [0, 0.05) is 19.4 Å². The summed E-state index contributed by atoms with van der Waals surface area (Å²) < 4.78 is 32.8. The summed E-state index contributed by atoms with van der Waals surface area (Å²) in [7, 11) is -4.40. The van der Waals surface area contributed by atoms with Gasteiger partial charge in [-0.15, -0.1) is 0 Å². The number of hydrogen-bond donors (Lipinski definition) is 2. The maximum atomic E-state index is 12.6. The molecule has 0 saturated carbocycles. The van der Waals surface area contributed by atoms with E-state index in [9.17, 15) is 19.0 Å². The van der Waals surface area contributed by atoms with Gasteiger partial charge in [0.05, 0.1) is 13.2 Å². The molecular formula is C49H80NO8P. The Bertz CT molecular complexity index is 1330. The third kappa shape index (κ3) is 44.1. The third-order valence-electron chi connectivity index (χ3n) is 8.65. The van der Waals surface area contributed by atoms with Crippen LogP contribution in [0.5, 0.6) is 0 Å². The van der Waals surface area contributed by atoms with Gasteiger partial charge in [-0.3, -0.25) is 18.6 Å². The number of esters is 2. The Kier molecular flexibility index (Phi) is 41.7. The predicted octanol–water partition coefficient (Wildman–Crippen LogP) is 13.2. The summed E-state index contributed by atoms with van der Waals surface area (Å²) in [4.78, 5) is 34.9. The Morgan fingerprint density at radius 1 is 0.508 bits per heavy atom. The first-order valence-electron chi connectivity index (χ1n) is 22.4. The second kappa shape index (κ2) is 44.2. The van der Waals surface area contributed by atoms with Crippen molar-refractivity contribution in [3.63, 3.8) is 0 Å². The summed E-state index contributed by atoms with van der Waals surface area (Å²) >= 11 is 0. The van der Waals surface area contributed by atoms with Crippen LogP contribution < -0.4 is 5.73 Å². The molecule has 2 atom stereocenters. The van der Waals surface area contributed by atoms with Crippen molar-refractivity contribution >= 4 is 19.8 Å². The van der Waals surface area contributed by atoms with Crippen molar-refractivity contribution < 1.29 is 37.6 Å². The van der Waals surface area contributed by atoms with Crippen molar-refractivity contribution in [1.82, 2.24) is 0 Å². The van der Waals surface area contributed by atoms with Crippen LogP contribution in [0, 0.1) is 0 Å². The Balaban J connectivity index is 4.22. The van der Waals surface area contributed by atoms with Gasteiger partial charge in [-0.2, -0.15) is 0 Å². The molecule has 10 heteroatoms. The largest absolute Gasteiger partial charge is 0.472 e. The van der Waals surface area contributed by atoms with Gasteiger partial charge in [-0.25, -0.2) is 4.57 Å². The lowest BCUT2D eigenvalue weighted by atomic mass is 10.1. The molecule has 0 spiro atoms. The van der Waals surface area contributed by atoms with Crippen molar-refractivity contribution in [2.75, 3.05) is 26.4 Å². The molecule has 2 unspecified atom stereocenters. The summed E-state index contributed by atoms with van der Waals surface area (Å²) in [6.45, 7) is 3.41. The summed E-state index contributed by atoms with van der Waals surface area (Å²) in [6, 6.07) is 0. The van der Waals surface area contributed by atoms with Crippen molar-refractivity contribution in [3.8, 4) is 0 Å². The number of phosphoric acid groups is 1. The number of phosphoric ester groups is 1. The Labute approximate surface area is 359 Å². The normalized spacial score (nSPS) is 14.3. The van der Waals surface area contributed by atoms with Crippen LogP contribution in [-0.2, 0) is 32.7 Å². The molecular weight excluding hydrogens is 762 g/mol. The molecule has 59 heavy (non-hydrogen) atoms. The molecule has 0 amide bonds. The number of rotatable bonds is 40. The second-order valence-corrected chi connectivity index (χ2v) is 15.6. The molecule has 0 radical (unpaired) electrons. The topological polar surface area (TPSA) is 134 Å². The molecule has 0 heterocycles. The number of hydrogen-bond acceptors (Lipinski definition) is 8. The monoisotopic (exact) mass is 842 g/mol. The van der Waals surface area contributed by atoms with E-state index in [1.165, 1.54) is 12.8 Å². The molecule has 0 aliphatic rings. The van der Waals surface area contributed by atoms with Gasteiger partial charge in [0.25, 0.3) is 0 Å². The highest BCUT2D eigenvalue weighted by Crippen LogP contribution is 2.43. The SMILES string of the molecule is CC/C=C\C/C=C\C/C=C\C/C=C\C/C=C\CCCCCCCCCC(=O)OC(COC(=O)CCCC/C=C\C/C=C\C/C=C\C/C=C\CC)COP(=O)(O)OCCN. The Morgan fingerprint density at radius 2 is 0.881 bits per heavy atom. The van der Waals surface area contributed by atoms with Crippen molar-refractivity contribution in [2.24, 2.45) is 5.73 Å². The van der Waals surface area contributed by atoms with Gasteiger partial charge in [-0.05, 0) is 96.3 Å². The van der Waals surface area contributed by atoms with Gasteiger partial charge in [-0.1, -0.05) is 155 Å². The lowest BCUT2D eigenvalue weighted by Crippen LogP contribution is -2.29. The summed E-state index contributed by atoms with van der Waals surface area (Å²) in [5.74, 6) is -0.902. The molecule has 0 aliphatic heterocycles. The van der Waals surface area contributed by atoms with Gasteiger partial charge >= 0.3 is 19.8 Å². The smallest absolute Gasteiger partial charge is 0.462 e. The molecule has 3 N–H and O–H groups in total. The van der Waals surface area contributed by atoms with E-state index in [2.05, 4.69) is 123 Å². The molecule has 0 bridgehead atoms. The average molecular weight is 842 g/mol. The van der Waals surface area contributed by atoms with E-state index in [4.69, 9.17) is 24.3 Å². The summed E-state index contributed by atoms with van der Waals surface area (Å²) in [6.07, 6.45) is 58.4. The maximum absolute atomic E-state index is 12.6. The van der Waals surface area contributed by atoms with Crippen LogP contribution >= 0.6 is 7.82 Å². The van der Waals surface area contributed by atoms with E-state index >= 15 is 0 Å². The van der Waals surface area contributed by atoms with E-state index in [1.807, 2.05) is 0 Å². The predicted molar refractivity (Wildman–Crippen MR) is 247 cm³/mol. The quantitative estimate of drug-likeness (QED) is 0.0267. The second-order valence-electron chi connectivity index (χ2n) is 14.1. The number of ether oxygens (including phenoxy) is 2. The number of allylic oxidation sites excluding steroid dienone is 18. The number of nitrogens with two attached hydrogens (primary N) is 1. The molecule has 9 nitrogen and oxygen atoms in total. The van der Waals surface area contributed by atoms with E-state index in [-0.39, 0.29) is 32.6 Å². The third-order valence-corrected chi connectivity index (χ3v) is 9.64. The van der Waals surface area contributed by atoms with Gasteiger partial charge in [0.2, 0.25) is 0 Å². The van der Waals surface area contributed by atoms with Crippen LogP contribution in [-0.4, -0.2) is 49.3 Å². The highest BCUT2D eigenvalue weighted by atomic mass is 31.2. The highest BCUT2D eigenvalue weighted by Gasteiger charge is 2.26. The summed E-state index contributed by atoms with van der Waals surface area (Å²) in [5.41, 5.74) is 5.35. The van der Waals surface area contributed by atoms with E-state index < -0.39 is 32.5 Å². The molecule has 0 aromatic rings. The van der Waals surface area contributed by atoms with E-state index in [0.717, 1.165) is 103 Å². The zero-order valence-corrected chi connectivity index (χ0v) is 37.6. The van der Waals surface area contributed by atoms with Crippen molar-refractivity contribution in [1.29, 1.82) is 0 Å². The fraction of sp³-hybridized carbons (Fsp3) is 0.592. The molecule has 0 rings (SSSR count). The van der Waals surface area contributed by atoms with Crippen LogP contribution in [0.2, 0.25) is 0 Å². The van der Waals surface area contributed by atoms with Gasteiger partial charge < -0.3 is 20.1 Å². The summed E-state index contributed by atoms with van der Waals surface area (Å²) in [5, 5.41) is 0. The number of carbonyl (C=O) groups is 2. The number of unbranched alkanes of at least 4 members (excludes halogenated alkanes) is 9. The molecule has 0 aromatic carbocycles. The van der Waals surface area contributed by atoms with Crippen LogP contribution in [0.3, 0.4) is 0 Å². The Hall–Kier alpha value is -3.33. The molecule has 0 aromatic heterocycles. The fourth-order valence-electron chi connectivity index (χ4n) is 5.41. The standard InChI is InChI=1S/C49H80NO8P/c1-3-5-7-9-11-13-15-17-19-20-21-22-23-24-25-26-28-30-32-34-36-38-40-42-49(52)58-47(46-57-59(53,54)56-44-43-50)45-55-48(51)41-39-37-35-33-31-29-27-18-16-14-12-10-8-6-4-2/h5-8,11-14,17-19,21-22,24-25,27,31,33,47H,3-4,9-10,15-16,20,23,26,28-30,32,34-46,50H2,1-2H3,(H,53,54)/b7-5-,8-6-,13-11-,14-12-,19-17-,22-21-,25-24-,27-18-,33-31-. The van der Waals surface area contributed by atoms with Gasteiger partial charge in [0.1, 0.15) is 6.61 Å². The minimum absolute atomic E-state index is 0.0390. The molecule has 0 saturated heterocycles. The molecule has 0 fully saturated rings. The van der Waals surface area contributed by atoms with Gasteiger partial charge in [0.15, 0.2) is 6.10 Å². The number of carbonyl (C=O) groups excluding carboxylic acids is 2. The first kappa shape index (κ1) is 55.7. The van der Waals surface area contributed by atoms with Crippen LogP contribution in [0.15, 0.2) is 109 Å². The zero-order valence-electron chi connectivity index (χ0n) is 36.7. The minimum atomic E-state index is -4.40. The van der Waals surface area contributed by atoms with Crippen molar-refractivity contribution in [3.05, 3.63) is 109 Å². The lowest BCUT2D eigenvalue weighted by Gasteiger charge is -2.19. The average Bonchev–Trinajstić information content (AvgIpc) is 3.22.